The highest BCUT2D eigenvalue weighted by molar-refractivity contribution is 7.92. The molecule has 0 spiro atoms. The van der Waals surface area contributed by atoms with Crippen molar-refractivity contribution in [3.8, 4) is 0 Å². The van der Waals surface area contributed by atoms with E-state index in [1.165, 1.54) is 44.6 Å². The van der Waals surface area contributed by atoms with E-state index < -0.39 is 27.9 Å². The standard InChI is InChI=1S/C25H23ClN2O7S/c1-14-9-15(2)11-18(10-14)28-36(32,33)22-13-16(6-8-20(22)26)23(29)27-21-12-17(24(30)34-3)5-7-19(21)25(31)35-4/h5-13,28H,1-4H3,(H,27,29). The van der Waals surface area contributed by atoms with E-state index in [4.69, 9.17) is 16.3 Å². The van der Waals surface area contributed by atoms with Gasteiger partial charge in [-0.2, -0.15) is 0 Å². The molecule has 3 aromatic carbocycles. The van der Waals surface area contributed by atoms with Crippen LogP contribution in [0.2, 0.25) is 5.02 Å². The Labute approximate surface area is 213 Å². The van der Waals surface area contributed by atoms with Crippen molar-refractivity contribution in [3.05, 3.63) is 87.4 Å². The molecule has 0 saturated heterocycles. The summed E-state index contributed by atoms with van der Waals surface area (Å²) in [4.78, 5) is 36.8. The number of benzene rings is 3. The number of anilines is 2. The first-order chi connectivity index (χ1) is 16.9. The number of halogens is 1. The minimum atomic E-state index is -4.15. The van der Waals surface area contributed by atoms with Gasteiger partial charge in [-0.15, -0.1) is 0 Å². The van der Waals surface area contributed by atoms with Gasteiger partial charge >= 0.3 is 11.9 Å². The summed E-state index contributed by atoms with van der Waals surface area (Å²) in [6.45, 7) is 3.67. The normalized spacial score (nSPS) is 10.9. The van der Waals surface area contributed by atoms with Crippen molar-refractivity contribution in [2.75, 3.05) is 24.3 Å². The second-order valence-electron chi connectivity index (χ2n) is 7.82. The summed E-state index contributed by atoms with van der Waals surface area (Å²) in [6.07, 6.45) is 0. The minimum absolute atomic E-state index is 0.0169. The Morgan fingerprint density at radius 2 is 1.42 bits per heavy atom. The molecule has 0 unspecified atom stereocenters. The Balaban J connectivity index is 1.97. The highest BCUT2D eigenvalue weighted by Crippen LogP contribution is 2.27. The van der Waals surface area contributed by atoms with Crippen LogP contribution in [0.4, 0.5) is 11.4 Å². The first kappa shape index (κ1) is 26.7. The molecule has 3 rings (SSSR count). The molecule has 11 heteroatoms. The van der Waals surface area contributed by atoms with E-state index in [1.54, 1.807) is 12.1 Å². The van der Waals surface area contributed by atoms with Crippen molar-refractivity contribution >= 4 is 50.8 Å². The zero-order chi connectivity index (χ0) is 26.6. The maximum atomic E-state index is 13.1. The van der Waals surface area contributed by atoms with Gasteiger partial charge in [-0.25, -0.2) is 18.0 Å². The Kier molecular flexibility index (Phi) is 8.01. The molecule has 3 aromatic rings. The molecule has 0 radical (unpaired) electrons. The van der Waals surface area contributed by atoms with E-state index in [0.29, 0.717) is 5.69 Å². The van der Waals surface area contributed by atoms with Crippen LogP contribution in [0.25, 0.3) is 0 Å². The van der Waals surface area contributed by atoms with Crippen LogP contribution in [0.3, 0.4) is 0 Å². The van der Waals surface area contributed by atoms with Gasteiger partial charge in [0.05, 0.1) is 36.1 Å². The highest BCUT2D eigenvalue weighted by Gasteiger charge is 2.22. The molecular weight excluding hydrogens is 508 g/mol. The van der Waals surface area contributed by atoms with Gasteiger partial charge in [0.25, 0.3) is 15.9 Å². The minimum Gasteiger partial charge on any atom is -0.465 e. The van der Waals surface area contributed by atoms with E-state index >= 15 is 0 Å². The molecule has 0 aliphatic carbocycles. The predicted molar refractivity (Wildman–Crippen MR) is 135 cm³/mol. The van der Waals surface area contributed by atoms with Crippen molar-refractivity contribution in [2.45, 2.75) is 18.7 Å². The number of carbonyl (C=O) groups excluding carboxylic acids is 3. The third-order valence-corrected chi connectivity index (χ3v) is 6.91. The number of sulfonamides is 1. The lowest BCUT2D eigenvalue weighted by Crippen LogP contribution is -2.18. The molecular formula is C25H23ClN2O7S. The van der Waals surface area contributed by atoms with Crippen LogP contribution in [0.5, 0.6) is 0 Å². The van der Waals surface area contributed by atoms with Crippen LogP contribution < -0.4 is 10.0 Å². The van der Waals surface area contributed by atoms with Crippen LogP contribution in [0, 0.1) is 13.8 Å². The van der Waals surface area contributed by atoms with E-state index in [9.17, 15) is 22.8 Å². The second-order valence-corrected chi connectivity index (χ2v) is 9.88. The van der Waals surface area contributed by atoms with E-state index in [0.717, 1.165) is 17.2 Å². The number of rotatable bonds is 7. The maximum absolute atomic E-state index is 13.1. The zero-order valence-corrected chi connectivity index (χ0v) is 21.4. The largest absolute Gasteiger partial charge is 0.465 e. The number of hydrogen-bond donors (Lipinski definition) is 2. The summed E-state index contributed by atoms with van der Waals surface area (Å²) in [5.41, 5.74) is 2.06. The Hall–Kier alpha value is -3.89. The molecule has 0 aromatic heterocycles. The average Bonchev–Trinajstić information content (AvgIpc) is 2.82. The first-order valence-corrected chi connectivity index (χ1v) is 12.3. The molecule has 0 bridgehead atoms. The summed E-state index contributed by atoms with van der Waals surface area (Å²) in [7, 11) is -1.79. The highest BCUT2D eigenvalue weighted by atomic mass is 35.5. The van der Waals surface area contributed by atoms with Crippen molar-refractivity contribution in [1.29, 1.82) is 0 Å². The Bertz CT molecular complexity index is 1450. The van der Waals surface area contributed by atoms with E-state index in [2.05, 4.69) is 14.8 Å². The lowest BCUT2D eigenvalue weighted by Gasteiger charge is -2.14. The number of hydrogen-bond acceptors (Lipinski definition) is 7. The second kappa shape index (κ2) is 10.8. The van der Waals surface area contributed by atoms with E-state index in [1.807, 2.05) is 19.9 Å². The van der Waals surface area contributed by atoms with Gasteiger partial charge in [0.1, 0.15) is 4.90 Å². The van der Waals surface area contributed by atoms with Gasteiger partial charge in [0.15, 0.2) is 0 Å². The summed E-state index contributed by atoms with van der Waals surface area (Å²) < 4.78 is 38.0. The van der Waals surface area contributed by atoms with Gasteiger partial charge in [-0.1, -0.05) is 17.7 Å². The molecule has 1 amide bonds. The number of amides is 1. The fourth-order valence-corrected chi connectivity index (χ4v) is 5.04. The van der Waals surface area contributed by atoms with E-state index in [-0.39, 0.29) is 32.3 Å². The number of ether oxygens (including phenoxy) is 2. The van der Waals surface area contributed by atoms with Crippen LogP contribution in [-0.2, 0) is 19.5 Å². The molecule has 0 aliphatic rings. The van der Waals surface area contributed by atoms with Crippen molar-refractivity contribution in [1.82, 2.24) is 0 Å². The van der Waals surface area contributed by atoms with Crippen molar-refractivity contribution in [2.24, 2.45) is 0 Å². The fraction of sp³-hybridized carbons (Fsp3) is 0.160. The summed E-state index contributed by atoms with van der Waals surface area (Å²) >= 11 is 6.17. The fourth-order valence-electron chi connectivity index (χ4n) is 3.47. The van der Waals surface area contributed by atoms with Crippen LogP contribution in [0.1, 0.15) is 42.2 Å². The monoisotopic (exact) mass is 530 g/mol. The number of carbonyl (C=O) groups is 3. The summed E-state index contributed by atoms with van der Waals surface area (Å²) in [5, 5.41) is 2.43. The molecule has 0 aliphatic heterocycles. The predicted octanol–water partition coefficient (Wildman–Crippen LogP) is 4.58. The molecule has 2 N–H and O–H groups in total. The SMILES string of the molecule is COC(=O)c1ccc(C(=O)OC)c(NC(=O)c2ccc(Cl)c(S(=O)(=O)Nc3cc(C)cc(C)c3)c2)c1. The lowest BCUT2D eigenvalue weighted by molar-refractivity contribution is 0.0587. The number of methoxy groups -OCH3 is 2. The topological polar surface area (TPSA) is 128 Å². The maximum Gasteiger partial charge on any atom is 0.339 e. The molecule has 0 atom stereocenters. The van der Waals surface area contributed by atoms with Gasteiger partial charge in [-0.3, -0.25) is 9.52 Å². The number of aryl methyl sites for hydroxylation is 2. The van der Waals surface area contributed by atoms with Gasteiger partial charge in [-0.05, 0) is 73.5 Å². The lowest BCUT2D eigenvalue weighted by atomic mass is 10.1. The van der Waals surface area contributed by atoms with Crippen LogP contribution >= 0.6 is 11.6 Å². The molecule has 0 heterocycles. The smallest absolute Gasteiger partial charge is 0.339 e. The quantitative estimate of drug-likeness (QED) is 0.428. The van der Waals surface area contributed by atoms with Gasteiger partial charge < -0.3 is 14.8 Å². The molecule has 36 heavy (non-hydrogen) atoms. The third-order valence-electron chi connectivity index (χ3n) is 5.05. The molecule has 9 nitrogen and oxygen atoms in total. The summed E-state index contributed by atoms with van der Waals surface area (Å²) in [5.74, 6) is -2.18. The van der Waals surface area contributed by atoms with Crippen molar-refractivity contribution in [3.63, 3.8) is 0 Å². The Morgan fingerprint density at radius 1 is 0.806 bits per heavy atom. The van der Waals surface area contributed by atoms with Crippen molar-refractivity contribution < 1.29 is 32.3 Å². The van der Waals surface area contributed by atoms with Gasteiger partial charge in [0, 0.05) is 11.3 Å². The molecule has 188 valence electrons. The first-order valence-electron chi connectivity index (χ1n) is 10.5. The van der Waals surface area contributed by atoms with Crippen LogP contribution in [0.15, 0.2) is 59.5 Å². The number of esters is 2. The third kappa shape index (κ3) is 6.02. The molecule has 0 fully saturated rings. The number of nitrogens with one attached hydrogen (secondary N) is 2. The van der Waals surface area contributed by atoms with Crippen LogP contribution in [-0.4, -0.2) is 40.5 Å². The Morgan fingerprint density at radius 3 is 2.03 bits per heavy atom. The molecule has 0 saturated carbocycles. The average molecular weight is 531 g/mol. The zero-order valence-electron chi connectivity index (χ0n) is 19.8. The summed E-state index contributed by atoms with van der Waals surface area (Å²) in [6, 6.07) is 12.9. The van der Waals surface area contributed by atoms with Gasteiger partial charge in [0.2, 0.25) is 0 Å².